The Kier molecular flexibility index (Phi) is 15.6. The van der Waals surface area contributed by atoms with Crippen molar-refractivity contribution in [3.63, 3.8) is 0 Å². The maximum atomic E-state index is 10.5. The summed E-state index contributed by atoms with van der Waals surface area (Å²) in [6, 6.07) is 4.33. The van der Waals surface area contributed by atoms with Crippen molar-refractivity contribution in [2.75, 3.05) is 7.11 Å². The molecule has 0 heterocycles. The van der Waals surface area contributed by atoms with Gasteiger partial charge in [-0.1, -0.05) is 37.0 Å². The van der Waals surface area contributed by atoms with E-state index in [4.69, 9.17) is 49.7 Å². The number of carboxylic acid groups (broad SMARTS) is 2. The monoisotopic (exact) mass is 669 g/mol. The molecule has 0 aliphatic carbocycles. The van der Waals surface area contributed by atoms with Gasteiger partial charge in [-0.3, -0.25) is 0 Å². The topological polar surface area (TPSA) is 145 Å². The van der Waals surface area contributed by atoms with Crippen LogP contribution < -0.4 is 4.74 Å². The molecule has 0 spiro atoms. The molecule has 2 aromatic carbocycles. The highest BCUT2D eigenvalue weighted by Gasteiger charge is 2.12. The van der Waals surface area contributed by atoms with Gasteiger partial charge in [0, 0.05) is 1.37 Å². The molecule has 0 aliphatic heterocycles. The molecule has 5 N–H and O–H groups in total. The maximum Gasteiger partial charge on any atom is 0.369 e. The van der Waals surface area contributed by atoms with Crippen molar-refractivity contribution < 1.29 is 41.2 Å². The summed E-state index contributed by atoms with van der Waals surface area (Å²) in [7, 11) is 1.32. The van der Waals surface area contributed by atoms with E-state index in [0.717, 1.165) is 18.2 Å². The average molecular weight is 673 g/mol. The zero-order valence-electron chi connectivity index (χ0n) is 16.9. The number of aromatic carboxylic acids is 2. The number of hydrogen-bond donors (Lipinski definition) is 5. The average Bonchev–Trinajstić information content (AvgIpc) is 2.68. The third-order valence-corrected chi connectivity index (χ3v) is 3.36. The van der Waals surface area contributed by atoms with Gasteiger partial charge in [-0.15, -0.1) is 47.3 Å². The first-order valence-corrected chi connectivity index (χ1v) is 11.2. The number of aromatic hydroxyl groups is 3. The lowest BCUT2D eigenvalue weighted by Crippen LogP contribution is -1.97. The SMILES string of the molecule is BrB(Br)Br.COc1cc(C(=O)O)cc(Cl)c1O.O=C(O)c1cc(O)c(O)c(Cl)c1.[2H]CC. The van der Waals surface area contributed by atoms with Crippen molar-refractivity contribution in [2.45, 2.75) is 13.8 Å². The Labute approximate surface area is 215 Å². The number of rotatable bonds is 3. The third kappa shape index (κ3) is 12.3. The van der Waals surface area contributed by atoms with Crippen LogP contribution in [0.2, 0.25) is 10.0 Å². The maximum absolute atomic E-state index is 10.5. The molecule has 0 aromatic heterocycles. The second-order valence-electron chi connectivity index (χ2n) is 4.69. The van der Waals surface area contributed by atoms with E-state index < -0.39 is 23.4 Å². The number of hydrogen-bond acceptors (Lipinski definition) is 6. The first-order valence-electron chi connectivity index (χ1n) is 8.39. The van der Waals surface area contributed by atoms with Crippen LogP contribution in [0.25, 0.3) is 0 Å². The molecule has 0 unspecified atom stereocenters. The van der Waals surface area contributed by atoms with Gasteiger partial charge in [-0.05, 0) is 24.3 Å². The number of halogens is 5. The van der Waals surface area contributed by atoms with Gasteiger partial charge < -0.3 is 30.3 Å². The van der Waals surface area contributed by atoms with E-state index >= 15 is 0 Å². The van der Waals surface area contributed by atoms with Crippen molar-refractivity contribution >= 4 is 85.6 Å². The highest BCUT2D eigenvalue weighted by Crippen LogP contribution is 2.35. The quantitative estimate of drug-likeness (QED) is 0.187. The molecule has 0 saturated heterocycles. The molecular formula is C17H18BBr3Cl2O8. The van der Waals surface area contributed by atoms with E-state index in [-0.39, 0.29) is 35.9 Å². The summed E-state index contributed by atoms with van der Waals surface area (Å²) < 4.78 is 11.2. The molecular weight excluding hydrogens is 654 g/mol. The molecule has 0 aliphatic rings. The molecule has 2 aromatic rings. The number of ether oxygens (including phenoxy) is 1. The molecule has 172 valence electrons. The third-order valence-electron chi connectivity index (χ3n) is 2.79. The largest absolute Gasteiger partial charge is 0.504 e. The minimum absolute atomic E-state index is 0.0281. The Morgan fingerprint density at radius 2 is 1.29 bits per heavy atom. The summed E-state index contributed by atoms with van der Waals surface area (Å²) in [4.78, 5) is 20.9. The van der Waals surface area contributed by atoms with Gasteiger partial charge >= 0.3 is 15.1 Å². The van der Waals surface area contributed by atoms with Gasteiger partial charge in [0.2, 0.25) is 0 Å². The summed E-state index contributed by atoms with van der Waals surface area (Å²) in [6.07, 6.45) is 0. The highest BCUT2D eigenvalue weighted by molar-refractivity contribution is 9.69. The molecule has 0 fully saturated rings. The first kappa shape index (κ1) is 29.7. The van der Waals surface area contributed by atoms with Crippen LogP contribution in [0.3, 0.4) is 0 Å². The first-order chi connectivity index (χ1) is 14.7. The van der Waals surface area contributed by atoms with Gasteiger partial charge in [0.1, 0.15) is 0 Å². The Morgan fingerprint density at radius 3 is 1.61 bits per heavy atom. The number of phenolic OH excluding ortho intramolecular Hbond substituents is 3. The zero-order chi connectivity index (χ0) is 25.6. The number of methoxy groups -OCH3 is 1. The fourth-order valence-electron chi connectivity index (χ4n) is 1.56. The van der Waals surface area contributed by atoms with Crippen LogP contribution in [0.5, 0.6) is 23.0 Å². The van der Waals surface area contributed by atoms with Crippen LogP contribution in [0.4, 0.5) is 0 Å². The van der Waals surface area contributed by atoms with Crippen LogP contribution >= 0.6 is 70.5 Å². The van der Waals surface area contributed by atoms with Crippen molar-refractivity contribution in [2.24, 2.45) is 0 Å². The number of carboxylic acids is 2. The fourth-order valence-corrected chi connectivity index (χ4v) is 1.99. The fraction of sp³-hybridized carbons (Fsp3) is 0.176. The molecule has 0 atom stereocenters. The normalized spacial score (nSPS) is 9.32. The van der Waals surface area contributed by atoms with Crippen LogP contribution in [0.1, 0.15) is 35.9 Å². The standard InChI is InChI=1S/C8H7ClO4.C7H5ClO4.C2H6.BBr3/c1-13-6-3-4(8(11)12)2-5(9)7(6)10;8-4-1-3(7(11)12)2-5(9)6(4)10;1-2;2-1(3)4/h2-3,10H,1H3,(H,11,12);1-2,9-10H,(H,11,12);1-2H3;/i;;1D;. The molecule has 0 radical (unpaired) electrons. The van der Waals surface area contributed by atoms with Crippen LogP contribution in [-0.2, 0) is 0 Å². The predicted octanol–water partition coefficient (Wildman–Crippen LogP) is 6.38. The summed E-state index contributed by atoms with van der Waals surface area (Å²) in [5.41, 5.74) is -0.199. The summed E-state index contributed by atoms with van der Waals surface area (Å²) in [6.45, 7) is 2.29. The van der Waals surface area contributed by atoms with Gasteiger partial charge in [0.15, 0.2) is 23.0 Å². The van der Waals surface area contributed by atoms with Crippen molar-refractivity contribution in [1.82, 2.24) is 0 Å². The smallest absolute Gasteiger partial charge is 0.369 e. The minimum atomic E-state index is -1.22. The Bertz CT molecular complexity index is 881. The zero-order valence-corrected chi connectivity index (χ0v) is 22.2. The second kappa shape index (κ2) is 16.3. The Morgan fingerprint density at radius 1 is 0.935 bits per heavy atom. The van der Waals surface area contributed by atoms with E-state index in [2.05, 4.69) is 47.3 Å². The summed E-state index contributed by atoms with van der Waals surface area (Å²) >= 11 is 20.3. The van der Waals surface area contributed by atoms with Crippen LogP contribution in [0.15, 0.2) is 24.3 Å². The Hall–Kier alpha value is -1.34. The minimum Gasteiger partial charge on any atom is -0.504 e. The van der Waals surface area contributed by atoms with Crippen molar-refractivity contribution in [3.8, 4) is 23.0 Å². The molecule has 8 nitrogen and oxygen atoms in total. The summed E-state index contributed by atoms with van der Waals surface area (Å²) in [5, 5.41) is 44.0. The van der Waals surface area contributed by atoms with E-state index in [1.807, 2.05) is 0 Å². The van der Waals surface area contributed by atoms with Crippen molar-refractivity contribution in [1.29, 1.82) is 0 Å². The lowest BCUT2D eigenvalue weighted by molar-refractivity contribution is 0.0685. The van der Waals surface area contributed by atoms with Gasteiger partial charge in [-0.25, -0.2) is 9.59 Å². The Balaban J connectivity index is 0. The number of carbonyl (C=O) groups is 2. The van der Waals surface area contributed by atoms with Gasteiger partial charge in [0.25, 0.3) is 0 Å². The van der Waals surface area contributed by atoms with E-state index in [1.165, 1.54) is 13.2 Å². The van der Waals surface area contributed by atoms with Gasteiger partial charge in [0.05, 0.1) is 28.3 Å². The van der Waals surface area contributed by atoms with E-state index in [9.17, 15) is 14.7 Å². The number of benzene rings is 2. The number of phenols is 3. The van der Waals surface area contributed by atoms with Gasteiger partial charge in [-0.2, -0.15) is 0 Å². The highest BCUT2D eigenvalue weighted by atomic mass is 79.9. The summed E-state index contributed by atoms with van der Waals surface area (Å²) in [5.74, 6) is -3.60. The molecule has 31 heavy (non-hydrogen) atoms. The lowest BCUT2D eigenvalue weighted by atomic mass is 10.2. The van der Waals surface area contributed by atoms with E-state index in [0.29, 0.717) is 6.90 Å². The lowest BCUT2D eigenvalue weighted by Gasteiger charge is -2.05. The predicted molar refractivity (Wildman–Crippen MR) is 132 cm³/mol. The van der Waals surface area contributed by atoms with E-state index in [1.54, 1.807) is 6.92 Å². The van der Waals surface area contributed by atoms with Crippen LogP contribution in [0, 0.1) is 0 Å². The molecule has 0 bridgehead atoms. The van der Waals surface area contributed by atoms with Crippen LogP contribution in [-0.4, -0.2) is 47.8 Å². The second-order valence-corrected chi connectivity index (χ2v) is 11.9. The molecule has 2 rings (SSSR count). The molecule has 14 heteroatoms. The molecule has 0 amide bonds. The van der Waals surface area contributed by atoms with Crippen molar-refractivity contribution in [3.05, 3.63) is 45.4 Å². The molecule has 0 saturated carbocycles.